The van der Waals surface area contributed by atoms with Crippen LogP contribution in [0.15, 0.2) is 109 Å². The van der Waals surface area contributed by atoms with Gasteiger partial charge in [-0.2, -0.15) is 0 Å². The molecule has 0 aromatic heterocycles. The van der Waals surface area contributed by atoms with E-state index in [4.69, 9.17) is 9.47 Å². The Morgan fingerprint density at radius 1 is 0.800 bits per heavy atom. The summed E-state index contributed by atoms with van der Waals surface area (Å²) in [6, 6.07) is 30.2. The number of carbonyl (C=O) groups excluding carboxylic acids is 3. The monoisotopic (exact) mass is 532 g/mol. The van der Waals surface area contributed by atoms with Crippen molar-refractivity contribution in [1.29, 1.82) is 0 Å². The van der Waals surface area contributed by atoms with Gasteiger partial charge in [0.25, 0.3) is 5.91 Å². The molecule has 4 aromatic carbocycles. The fourth-order valence-corrected chi connectivity index (χ4v) is 4.51. The van der Waals surface area contributed by atoms with Crippen LogP contribution in [0.2, 0.25) is 0 Å². The molecule has 1 aliphatic heterocycles. The van der Waals surface area contributed by atoms with Crippen LogP contribution in [0.5, 0.6) is 5.75 Å². The highest BCUT2D eigenvalue weighted by Crippen LogP contribution is 2.32. The predicted molar refractivity (Wildman–Crippen MR) is 151 cm³/mol. The normalized spacial score (nSPS) is 14.2. The molecule has 1 amide bonds. The molecule has 0 saturated heterocycles. The third-order valence-electron chi connectivity index (χ3n) is 6.69. The van der Waals surface area contributed by atoms with Crippen LogP contribution in [-0.2, 0) is 9.53 Å². The van der Waals surface area contributed by atoms with Gasteiger partial charge in [-0.1, -0.05) is 90.5 Å². The molecule has 200 valence electrons. The predicted octanol–water partition coefficient (Wildman–Crippen LogP) is 5.52. The number of esters is 1. The highest BCUT2D eigenvalue weighted by atomic mass is 16.5. The first-order valence-corrected chi connectivity index (χ1v) is 12.8. The van der Waals surface area contributed by atoms with Crippen molar-refractivity contribution in [2.24, 2.45) is 0 Å². The Morgan fingerprint density at radius 3 is 2.12 bits per heavy atom. The third kappa shape index (κ3) is 5.63. The van der Waals surface area contributed by atoms with Crippen LogP contribution in [0.3, 0.4) is 0 Å². The number of rotatable bonds is 8. The molecule has 7 nitrogen and oxygen atoms in total. The highest BCUT2D eigenvalue weighted by molar-refractivity contribution is 6.14. The summed E-state index contributed by atoms with van der Waals surface area (Å²) in [4.78, 5) is 39.6. The Labute approximate surface area is 232 Å². The maximum Gasteiger partial charge on any atom is 0.339 e. The fraction of sp³-hybridized carbons (Fsp3) is 0.121. The number of ketones is 1. The lowest BCUT2D eigenvalue weighted by atomic mass is 9.98. The first-order chi connectivity index (χ1) is 19.4. The van der Waals surface area contributed by atoms with Gasteiger partial charge < -0.3 is 9.47 Å². The van der Waals surface area contributed by atoms with Gasteiger partial charge in [-0.15, -0.1) is 0 Å². The van der Waals surface area contributed by atoms with Gasteiger partial charge in [-0.25, -0.2) is 9.80 Å². The molecular formula is C33H28N2O5. The second-order valence-corrected chi connectivity index (χ2v) is 9.36. The molecule has 40 heavy (non-hydrogen) atoms. The maximum atomic E-state index is 13.4. The van der Waals surface area contributed by atoms with Gasteiger partial charge in [0.05, 0.1) is 24.4 Å². The summed E-state index contributed by atoms with van der Waals surface area (Å²) >= 11 is 0. The molecule has 0 fully saturated rings. The van der Waals surface area contributed by atoms with E-state index in [1.807, 2.05) is 79.7 Å². The van der Waals surface area contributed by atoms with Gasteiger partial charge in [0.1, 0.15) is 5.75 Å². The van der Waals surface area contributed by atoms with Crippen LogP contribution >= 0.6 is 0 Å². The standard InChI is InChI=1S/C33H28N2O5/c1-22-12-14-25(15-13-22)32(37)27-10-6-7-11-28(27)33(38)40-21-31(36)35-30(24-16-18-26(39-2)19-17-24)20-29(34-35)23-8-4-3-5-9-23/h3-20,30,34H,21H2,1-2H3/t30-/m1/s1. The van der Waals surface area contributed by atoms with E-state index in [0.717, 1.165) is 22.4 Å². The molecule has 5 rings (SSSR count). The van der Waals surface area contributed by atoms with E-state index in [2.05, 4.69) is 5.43 Å². The number of hydrogen-bond donors (Lipinski definition) is 1. The van der Waals surface area contributed by atoms with Crippen molar-refractivity contribution >= 4 is 23.4 Å². The number of hydrogen-bond acceptors (Lipinski definition) is 6. The van der Waals surface area contributed by atoms with E-state index in [9.17, 15) is 14.4 Å². The minimum Gasteiger partial charge on any atom is -0.497 e. The van der Waals surface area contributed by atoms with E-state index >= 15 is 0 Å². The molecule has 0 unspecified atom stereocenters. The van der Waals surface area contributed by atoms with Crippen molar-refractivity contribution < 1.29 is 23.9 Å². The van der Waals surface area contributed by atoms with Crippen molar-refractivity contribution in [3.63, 3.8) is 0 Å². The summed E-state index contributed by atoms with van der Waals surface area (Å²) in [6.07, 6.45) is 1.95. The van der Waals surface area contributed by atoms with Crippen molar-refractivity contribution in [3.8, 4) is 5.75 Å². The molecule has 0 aliphatic carbocycles. The van der Waals surface area contributed by atoms with Crippen molar-refractivity contribution in [3.05, 3.63) is 143 Å². The van der Waals surface area contributed by atoms with Crippen LogP contribution in [0.25, 0.3) is 5.70 Å². The zero-order chi connectivity index (χ0) is 28.1. The second kappa shape index (κ2) is 11.7. The molecule has 1 aliphatic rings. The Kier molecular flexibility index (Phi) is 7.73. The molecule has 0 spiro atoms. The zero-order valence-electron chi connectivity index (χ0n) is 22.2. The van der Waals surface area contributed by atoms with Gasteiger partial charge in [-0.05, 0) is 42.3 Å². The number of benzene rings is 4. The minimum atomic E-state index is -0.749. The summed E-state index contributed by atoms with van der Waals surface area (Å²) in [5.74, 6) is -0.788. The first-order valence-electron chi connectivity index (χ1n) is 12.8. The molecule has 4 aromatic rings. The molecule has 0 bridgehead atoms. The summed E-state index contributed by atoms with van der Waals surface area (Å²) in [6.45, 7) is 1.42. The topological polar surface area (TPSA) is 84.9 Å². The average molecular weight is 533 g/mol. The van der Waals surface area contributed by atoms with Crippen LogP contribution < -0.4 is 10.2 Å². The second-order valence-electron chi connectivity index (χ2n) is 9.36. The maximum absolute atomic E-state index is 13.4. The molecule has 1 heterocycles. The number of carbonyl (C=O) groups is 3. The summed E-state index contributed by atoms with van der Waals surface area (Å²) in [5, 5.41) is 1.45. The van der Waals surface area contributed by atoms with Gasteiger partial charge in [0.2, 0.25) is 0 Å². The van der Waals surface area contributed by atoms with Crippen LogP contribution in [0.4, 0.5) is 0 Å². The van der Waals surface area contributed by atoms with Crippen molar-refractivity contribution in [2.75, 3.05) is 13.7 Å². The molecule has 1 atom stereocenters. The van der Waals surface area contributed by atoms with Crippen LogP contribution in [0.1, 0.15) is 49.0 Å². The third-order valence-corrected chi connectivity index (χ3v) is 6.69. The van der Waals surface area contributed by atoms with E-state index < -0.39 is 24.5 Å². The Balaban J connectivity index is 1.34. The quantitative estimate of drug-likeness (QED) is 0.238. The minimum absolute atomic E-state index is 0.102. The summed E-state index contributed by atoms with van der Waals surface area (Å²) in [7, 11) is 1.59. The van der Waals surface area contributed by atoms with E-state index in [0.29, 0.717) is 11.3 Å². The zero-order valence-corrected chi connectivity index (χ0v) is 22.2. The smallest absolute Gasteiger partial charge is 0.339 e. The summed E-state index contributed by atoms with van der Waals surface area (Å²) < 4.78 is 10.7. The first kappa shape index (κ1) is 26.4. The lowest BCUT2D eigenvalue weighted by Gasteiger charge is -2.25. The number of hydrazine groups is 1. The van der Waals surface area contributed by atoms with E-state index in [1.165, 1.54) is 11.1 Å². The molecule has 0 saturated carbocycles. The van der Waals surface area contributed by atoms with Crippen molar-refractivity contribution in [2.45, 2.75) is 13.0 Å². The molecular weight excluding hydrogens is 504 g/mol. The SMILES string of the molecule is COc1ccc([C@H]2C=C(c3ccccc3)NN2C(=O)COC(=O)c2ccccc2C(=O)c2ccc(C)cc2)cc1. The number of aryl methyl sites for hydroxylation is 1. The number of nitrogens with one attached hydrogen (secondary N) is 1. The van der Waals surface area contributed by atoms with Gasteiger partial charge in [0, 0.05) is 11.1 Å². The Bertz CT molecular complexity index is 1560. The van der Waals surface area contributed by atoms with Crippen molar-refractivity contribution in [1.82, 2.24) is 10.4 Å². The number of amides is 1. The van der Waals surface area contributed by atoms with Gasteiger partial charge in [0.15, 0.2) is 12.4 Å². The number of nitrogens with zero attached hydrogens (tertiary/aromatic N) is 1. The van der Waals surface area contributed by atoms with Gasteiger partial charge in [-0.3, -0.25) is 15.0 Å². The van der Waals surface area contributed by atoms with E-state index in [1.54, 1.807) is 37.4 Å². The average Bonchev–Trinajstić information content (AvgIpc) is 3.46. The highest BCUT2D eigenvalue weighted by Gasteiger charge is 2.32. The Hall–Kier alpha value is -5.17. The molecule has 7 heteroatoms. The molecule has 1 N–H and O–H groups in total. The van der Waals surface area contributed by atoms with Crippen LogP contribution in [-0.4, -0.2) is 36.4 Å². The number of ether oxygens (including phenoxy) is 2. The number of methoxy groups -OCH3 is 1. The van der Waals surface area contributed by atoms with Gasteiger partial charge >= 0.3 is 5.97 Å². The van der Waals surface area contributed by atoms with E-state index in [-0.39, 0.29) is 16.9 Å². The lowest BCUT2D eigenvalue weighted by molar-refractivity contribution is -0.137. The Morgan fingerprint density at radius 2 is 1.45 bits per heavy atom. The fourth-order valence-electron chi connectivity index (χ4n) is 4.51. The van der Waals surface area contributed by atoms with Crippen LogP contribution in [0, 0.1) is 6.92 Å². The lowest BCUT2D eigenvalue weighted by Crippen LogP contribution is -2.42. The largest absolute Gasteiger partial charge is 0.497 e. The summed E-state index contributed by atoms with van der Waals surface area (Å²) in [5.41, 5.74) is 7.50. The molecule has 0 radical (unpaired) electrons.